The molecule has 2 nitrogen and oxygen atoms in total. The van der Waals surface area contributed by atoms with Gasteiger partial charge in [0.2, 0.25) is 0 Å². The Bertz CT molecular complexity index is 1010. The summed E-state index contributed by atoms with van der Waals surface area (Å²) < 4.78 is 0. The maximum Gasteiger partial charge on any atom is 0.0346 e. The molecule has 3 saturated carbocycles. The molecule has 0 aliphatic heterocycles. The molecule has 3 fully saturated rings. The quantitative estimate of drug-likeness (QED) is 0.536. The minimum Gasteiger partial charge on any atom is -0.306 e. The van der Waals surface area contributed by atoms with Crippen LogP contribution in [0, 0.1) is 35.0 Å². The highest BCUT2D eigenvalue weighted by Gasteiger charge is 2.54. The summed E-state index contributed by atoms with van der Waals surface area (Å²) in [6, 6.07) is 10.0. The third-order valence-electron chi connectivity index (χ3n) is 10.2. The zero-order valence-electron chi connectivity index (χ0n) is 19.6. The summed E-state index contributed by atoms with van der Waals surface area (Å²) in [6.07, 6.45) is 18.0. The van der Waals surface area contributed by atoms with Gasteiger partial charge >= 0.3 is 0 Å². The average Bonchev–Trinajstić information content (AvgIpc) is 3.15. The molecular formula is C29H38N2. The van der Waals surface area contributed by atoms with Crippen LogP contribution in [0.1, 0.15) is 63.9 Å². The summed E-state index contributed by atoms with van der Waals surface area (Å²) in [5.41, 5.74) is 3.45. The fourth-order valence-corrected chi connectivity index (χ4v) is 8.56. The lowest BCUT2D eigenvalue weighted by molar-refractivity contribution is -0.0482. The predicted octanol–water partition coefficient (Wildman–Crippen LogP) is 6.81. The minimum atomic E-state index is 0.366. The van der Waals surface area contributed by atoms with Crippen LogP contribution in [-0.4, -0.2) is 30.0 Å². The first-order valence-corrected chi connectivity index (χ1v) is 12.8. The molecule has 7 atom stereocenters. The predicted molar refractivity (Wildman–Crippen MR) is 130 cm³/mol. The van der Waals surface area contributed by atoms with E-state index in [1.165, 1.54) is 67.7 Å². The molecule has 0 saturated heterocycles. The van der Waals surface area contributed by atoms with Gasteiger partial charge < -0.3 is 4.90 Å². The van der Waals surface area contributed by atoms with Crippen LogP contribution in [0.3, 0.4) is 0 Å². The Morgan fingerprint density at radius 1 is 0.935 bits per heavy atom. The molecule has 1 heterocycles. The van der Waals surface area contributed by atoms with E-state index in [1.54, 1.807) is 5.57 Å². The number of allylic oxidation sites excluding steroid dienone is 2. The zero-order chi connectivity index (χ0) is 21.2. The van der Waals surface area contributed by atoms with Crippen LogP contribution in [0.25, 0.3) is 16.3 Å². The van der Waals surface area contributed by atoms with Crippen molar-refractivity contribution >= 4 is 16.3 Å². The number of pyridine rings is 1. The van der Waals surface area contributed by atoms with Gasteiger partial charge in [0.1, 0.15) is 0 Å². The zero-order valence-corrected chi connectivity index (χ0v) is 19.6. The van der Waals surface area contributed by atoms with Crippen molar-refractivity contribution in [3.05, 3.63) is 48.3 Å². The third-order valence-corrected chi connectivity index (χ3v) is 10.2. The van der Waals surface area contributed by atoms with E-state index in [0.29, 0.717) is 5.41 Å². The van der Waals surface area contributed by atoms with Crippen LogP contribution in [0.5, 0.6) is 0 Å². The van der Waals surface area contributed by atoms with Crippen molar-refractivity contribution in [3.8, 4) is 0 Å². The Kier molecular flexibility index (Phi) is 4.79. The van der Waals surface area contributed by atoms with Crippen LogP contribution >= 0.6 is 0 Å². The minimum absolute atomic E-state index is 0.366. The maximum atomic E-state index is 4.37. The summed E-state index contributed by atoms with van der Waals surface area (Å²) in [6.45, 7) is 2.61. The van der Waals surface area contributed by atoms with Gasteiger partial charge in [-0.05, 0) is 129 Å². The standard InChI is InChI=1S/C29H38N2/c1-29-14-12-25-24-9-7-23(31(2)3)17-20(24)6-8-26(25)28(29)11-10-27(29)21-5-4-19-13-15-30-18-22(19)16-21/h4-5,10,13,15-16,18,20,23-26,28H,6-9,11-12,14,17H2,1-3H3/t20-,23+,24-,25+,26+,28-,29+/m0/s1. The van der Waals surface area contributed by atoms with Gasteiger partial charge in [0, 0.05) is 23.8 Å². The Morgan fingerprint density at radius 2 is 1.81 bits per heavy atom. The molecule has 0 amide bonds. The normalized spacial score (nSPS) is 39.7. The number of hydrogen-bond donors (Lipinski definition) is 0. The number of hydrogen-bond acceptors (Lipinski definition) is 2. The third kappa shape index (κ3) is 3.12. The van der Waals surface area contributed by atoms with E-state index in [-0.39, 0.29) is 0 Å². The highest BCUT2D eigenvalue weighted by molar-refractivity contribution is 5.86. The van der Waals surface area contributed by atoms with Crippen LogP contribution in [0.15, 0.2) is 42.7 Å². The van der Waals surface area contributed by atoms with Crippen LogP contribution < -0.4 is 0 Å². The number of aromatic nitrogens is 1. The second kappa shape index (κ2) is 7.44. The van der Waals surface area contributed by atoms with Gasteiger partial charge in [-0.3, -0.25) is 4.98 Å². The molecule has 31 heavy (non-hydrogen) atoms. The summed E-state index contributed by atoms with van der Waals surface area (Å²) in [5, 5.41) is 2.58. The van der Waals surface area contributed by atoms with E-state index in [9.17, 15) is 0 Å². The molecule has 2 aromatic rings. The van der Waals surface area contributed by atoms with E-state index < -0.39 is 0 Å². The lowest BCUT2D eigenvalue weighted by Gasteiger charge is -2.56. The van der Waals surface area contributed by atoms with Gasteiger partial charge in [-0.1, -0.05) is 25.1 Å². The fourth-order valence-electron chi connectivity index (χ4n) is 8.56. The molecule has 0 bridgehead atoms. The molecule has 0 unspecified atom stereocenters. The van der Waals surface area contributed by atoms with Gasteiger partial charge in [0.25, 0.3) is 0 Å². The molecule has 6 rings (SSSR count). The highest BCUT2D eigenvalue weighted by Crippen LogP contribution is 2.64. The van der Waals surface area contributed by atoms with Gasteiger partial charge in [-0.15, -0.1) is 0 Å². The Hall–Kier alpha value is -1.67. The van der Waals surface area contributed by atoms with Crippen molar-refractivity contribution in [1.29, 1.82) is 0 Å². The lowest BCUT2D eigenvalue weighted by Crippen LogP contribution is -2.49. The monoisotopic (exact) mass is 414 g/mol. The summed E-state index contributed by atoms with van der Waals surface area (Å²) in [7, 11) is 4.58. The van der Waals surface area contributed by atoms with Gasteiger partial charge in [-0.25, -0.2) is 0 Å². The molecule has 4 aliphatic carbocycles. The first kappa shape index (κ1) is 20.0. The fraction of sp³-hybridized carbons (Fsp3) is 0.621. The number of nitrogens with zero attached hydrogens (tertiary/aromatic N) is 2. The largest absolute Gasteiger partial charge is 0.306 e. The van der Waals surface area contributed by atoms with Gasteiger partial charge in [0.05, 0.1) is 0 Å². The van der Waals surface area contributed by atoms with E-state index in [1.807, 2.05) is 12.4 Å². The number of benzene rings is 1. The Labute approximate surface area is 188 Å². The van der Waals surface area contributed by atoms with E-state index >= 15 is 0 Å². The van der Waals surface area contributed by atoms with Crippen LogP contribution in [0.4, 0.5) is 0 Å². The van der Waals surface area contributed by atoms with Crippen LogP contribution in [0.2, 0.25) is 0 Å². The molecule has 1 aromatic carbocycles. The Balaban J connectivity index is 1.25. The van der Waals surface area contributed by atoms with E-state index in [4.69, 9.17) is 0 Å². The van der Waals surface area contributed by atoms with E-state index in [2.05, 4.69) is 61.2 Å². The van der Waals surface area contributed by atoms with Crippen molar-refractivity contribution in [1.82, 2.24) is 9.88 Å². The molecule has 2 heteroatoms. The van der Waals surface area contributed by atoms with Crippen molar-refractivity contribution in [2.24, 2.45) is 35.0 Å². The number of rotatable bonds is 2. The summed E-state index contributed by atoms with van der Waals surface area (Å²) in [4.78, 5) is 6.86. The van der Waals surface area contributed by atoms with Crippen molar-refractivity contribution in [2.75, 3.05) is 14.1 Å². The lowest BCUT2D eigenvalue weighted by atomic mass is 9.49. The second-order valence-corrected chi connectivity index (χ2v) is 11.6. The SMILES string of the molecule is CN(C)[C@@H]1CC[C@H]2[C@@H](CC[C@@H]3[C@@H]2CC[C@]2(C)C(c4ccc5ccncc5c4)=CC[C@@H]32)C1. The number of fused-ring (bicyclic) bond motifs is 6. The highest BCUT2D eigenvalue weighted by atomic mass is 15.1. The van der Waals surface area contributed by atoms with Crippen molar-refractivity contribution < 1.29 is 0 Å². The van der Waals surface area contributed by atoms with Crippen molar-refractivity contribution in [3.63, 3.8) is 0 Å². The molecule has 0 N–H and O–H groups in total. The Morgan fingerprint density at radius 3 is 2.68 bits per heavy atom. The molecule has 0 radical (unpaired) electrons. The molecule has 1 aromatic heterocycles. The van der Waals surface area contributed by atoms with Crippen molar-refractivity contribution in [2.45, 2.75) is 64.3 Å². The van der Waals surface area contributed by atoms with E-state index in [0.717, 1.165) is 35.6 Å². The summed E-state index contributed by atoms with van der Waals surface area (Å²) in [5.74, 6) is 4.81. The average molecular weight is 415 g/mol. The molecular weight excluding hydrogens is 376 g/mol. The van der Waals surface area contributed by atoms with Crippen LogP contribution in [-0.2, 0) is 0 Å². The molecule has 0 spiro atoms. The molecule has 164 valence electrons. The first-order valence-electron chi connectivity index (χ1n) is 12.8. The molecule has 4 aliphatic rings. The topological polar surface area (TPSA) is 16.1 Å². The first-order chi connectivity index (χ1) is 15.0. The summed E-state index contributed by atoms with van der Waals surface area (Å²) >= 11 is 0. The van der Waals surface area contributed by atoms with Gasteiger partial charge in [0.15, 0.2) is 0 Å². The second-order valence-electron chi connectivity index (χ2n) is 11.6. The van der Waals surface area contributed by atoms with Gasteiger partial charge in [-0.2, -0.15) is 0 Å². The maximum absolute atomic E-state index is 4.37. The smallest absolute Gasteiger partial charge is 0.0346 e.